The van der Waals surface area contributed by atoms with Gasteiger partial charge in [-0.1, -0.05) is 12.1 Å². The van der Waals surface area contributed by atoms with Crippen LogP contribution in [0.25, 0.3) is 22.2 Å². The molecule has 0 spiro atoms. The highest BCUT2D eigenvalue weighted by molar-refractivity contribution is 5.93. The molecule has 1 saturated heterocycles. The van der Waals surface area contributed by atoms with Gasteiger partial charge in [-0.3, -0.25) is 4.79 Å². The van der Waals surface area contributed by atoms with Crippen LogP contribution < -0.4 is 5.56 Å². The summed E-state index contributed by atoms with van der Waals surface area (Å²) in [6, 6.07) is 7.15. The number of aromatic hydroxyl groups is 1. The Morgan fingerprint density at radius 1 is 1.22 bits per heavy atom. The molecule has 0 amide bonds. The number of ether oxygens (including phenoxy) is 1. The van der Waals surface area contributed by atoms with Gasteiger partial charge in [0.2, 0.25) is 0 Å². The van der Waals surface area contributed by atoms with Crippen LogP contribution in [0.15, 0.2) is 41.6 Å². The number of fused-ring (bicyclic) bond motifs is 1. The van der Waals surface area contributed by atoms with E-state index in [2.05, 4.69) is 14.5 Å². The monoisotopic (exact) mass is 311 g/mol. The number of hydrogen-bond acceptors (Lipinski definition) is 4. The number of rotatable bonds is 2. The second-order valence-electron chi connectivity index (χ2n) is 5.77. The maximum atomic E-state index is 12.4. The van der Waals surface area contributed by atoms with Crippen LogP contribution >= 0.6 is 0 Å². The van der Waals surface area contributed by atoms with Crippen LogP contribution in [0.4, 0.5) is 0 Å². The van der Waals surface area contributed by atoms with Gasteiger partial charge < -0.3 is 19.4 Å². The van der Waals surface area contributed by atoms with Crippen molar-refractivity contribution in [2.75, 3.05) is 13.2 Å². The third kappa shape index (κ3) is 2.41. The Bertz CT molecular complexity index is 890. The molecular weight excluding hydrogens is 294 g/mol. The molecular formula is C17H17N3O3. The SMILES string of the molecule is O=c1[nH]cnc2c1c(-c1ccc(O)cc1)cn2C1CCOCC1. The van der Waals surface area contributed by atoms with E-state index in [0.29, 0.717) is 11.0 Å². The molecule has 6 nitrogen and oxygen atoms in total. The lowest BCUT2D eigenvalue weighted by Crippen LogP contribution is -2.19. The first-order valence-electron chi connectivity index (χ1n) is 7.69. The van der Waals surface area contributed by atoms with Crippen molar-refractivity contribution in [1.82, 2.24) is 14.5 Å². The van der Waals surface area contributed by atoms with Crippen LogP contribution in [0.2, 0.25) is 0 Å². The Kier molecular flexibility index (Phi) is 3.38. The number of nitrogens with one attached hydrogen (secondary N) is 1. The number of phenols is 1. The molecule has 0 radical (unpaired) electrons. The highest BCUT2D eigenvalue weighted by Crippen LogP contribution is 2.32. The molecule has 4 rings (SSSR count). The van der Waals surface area contributed by atoms with Crippen molar-refractivity contribution >= 4 is 11.0 Å². The van der Waals surface area contributed by atoms with E-state index in [0.717, 1.165) is 37.2 Å². The third-order valence-electron chi connectivity index (χ3n) is 4.38. The van der Waals surface area contributed by atoms with Gasteiger partial charge in [-0.25, -0.2) is 4.98 Å². The third-order valence-corrected chi connectivity index (χ3v) is 4.38. The number of H-pyrrole nitrogens is 1. The summed E-state index contributed by atoms with van der Waals surface area (Å²) in [6.07, 6.45) is 5.26. The molecule has 23 heavy (non-hydrogen) atoms. The number of hydrogen-bond donors (Lipinski definition) is 2. The smallest absolute Gasteiger partial charge is 0.260 e. The van der Waals surface area contributed by atoms with E-state index in [1.165, 1.54) is 6.33 Å². The molecule has 1 aliphatic heterocycles. The quantitative estimate of drug-likeness (QED) is 0.762. The highest BCUT2D eigenvalue weighted by Gasteiger charge is 2.22. The molecule has 3 aromatic rings. The molecule has 0 unspecified atom stereocenters. The van der Waals surface area contributed by atoms with Gasteiger partial charge in [0.15, 0.2) is 0 Å². The zero-order valence-corrected chi connectivity index (χ0v) is 12.5. The Morgan fingerprint density at radius 2 is 1.96 bits per heavy atom. The predicted octanol–water partition coefficient (Wildman–Crippen LogP) is 2.45. The Hall–Kier alpha value is -2.60. The Balaban J connectivity index is 1.93. The van der Waals surface area contributed by atoms with E-state index in [1.54, 1.807) is 12.1 Å². The molecule has 1 aromatic carbocycles. The summed E-state index contributed by atoms with van der Waals surface area (Å²) in [5, 5.41) is 10.1. The van der Waals surface area contributed by atoms with Gasteiger partial charge in [0, 0.05) is 31.0 Å². The highest BCUT2D eigenvalue weighted by atomic mass is 16.5. The minimum Gasteiger partial charge on any atom is -0.508 e. The molecule has 2 N–H and O–H groups in total. The second kappa shape index (κ2) is 5.55. The van der Waals surface area contributed by atoms with Gasteiger partial charge in [-0.05, 0) is 30.5 Å². The van der Waals surface area contributed by atoms with Gasteiger partial charge >= 0.3 is 0 Å². The summed E-state index contributed by atoms with van der Waals surface area (Å²) in [4.78, 5) is 19.4. The second-order valence-corrected chi connectivity index (χ2v) is 5.77. The average Bonchev–Trinajstić information content (AvgIpc) is 2.97. The van der Waals surface area contributed by atoms with E-state index < -0.39 is 0 Å². The number of phenolic OH excluding ortho intramolecular Hbond substituents is 1. The van der Waals surface area contributed by atoms with E-state index in [4.69, 9.17) is 4.74 Å². The van der Waals surface area contributed by atoms with Gasteiger partial charge in [0.05, 0.1) is 11.7 Å². The van der Waals surface area contributed by atoms with Crippen molar-refractivity contribution in [3.8, 4) is 16.9 Å². The number of aromatic amines is 1. The Morgan fingerprint density at radius 3 is 2.70 bits per heavy atom. The molecule has 3 heterocycles. The standard InChI is InChI=1S/C17H17N3O3/c21-13-3-1-11(2-4-13)14-9-20(12-5-7-23-8-6-12)16-15(14)17(22)19-10-18-16/h1-4,9-10,12,21H,5-8H2,(H,18,19,22). The average molecular weight is 311 g/mol. The van der Waals surface area contributed by atoms with Crippen molar-refractivity contribution in [2.45, 2.75) is 18.9 Å². The van der Waals surface area contributed by atoms with Gasteiger partial charge in [0.25, 0.3) is 5.56 Å². The molecule has 0 saturated carbocycles. The van der Waals surface area contributed by atoms with Crippen molar-refractivity contribution < 1.29 is 9.84 Å². The van der Waals surface area contributed by atoms with Gasteiger partial charge in [-0.2, -0.15) is 0 Å². The first kappa shape index (κ1) is 14.0. The lowest BCUT2D eigenvalue weighted by molar-refractivity contribution is 0.0706. The normalized spacial score (nSPS) is 16.0. The van der Waals surface area contributed by atoms with E-state index in [-0.39, 0.29) is 17.4 Å². The van der Waals surface area contributed by atoms with Gasteiger partial charge in [0.1, 0.15) is 11.4 Å². The van der Waals surface area contributed by atoms with Crippen LogP contribution in [0, 0.1) is 0 Å². The summed E-state index contributed by atoms with van der Waals surface area (Å²) in [6.45, 7) is 1.45. The fourth-order valence-corrected chi connectivity index (χ4v) is 3.20. The van der Waals surface area contributed by atoms with Crippen LogP contribution in [0.3, 0.4) is 0 Å². The molecule has 118 valence electrons. The topological polar surface area (TPSA) is 80.1 Å². The molecule has 6 heteroatoms. The summed E-state index contributed by atoms with van der Waals surface area (Å²) in [5.41, 5.74) is 2.27. The largest absolute Gasteiger partial charge is 0.508 e. The van der Waals surface area contributed by atoms with Crippen molar-refractivity contribution in [1.29, 1.82) is 0 Å². The number of benzene rings is 1. The summed E-state index contributed by atoms with van der Waals surface area (Å²) >= 11 is 0. The summed E-state index contributed by atoms with van der Waals surface area (Å²) < 4.78 is 7.52. The summed E-state index contributed by atoms with van der Waals surface area (Å²) in [5.74, 6) is 0.203. The van der Waals surface area contributed by atoms with Gasteiger partial charge in [-0.15, -0.1) is 0 Å². The van der Waals surface area contributed by atoms with Crippen molar-refractivity contribution in [3.05, 3.63) is 47.1 Å². The fraction of sp³-hybridized carbons (Fsp3) is 0.294. The molecule has 0 atom stereocenters. The minimum absolute atomic E-state index is 0.149. The van der Waals surface area contributed by atoms with E-state index >= 15 is 0 Å². The molecule has 0 bridgehead atoms. The van der Waals surface area contributed by atoms with Crippen LogP contribution in [0.1, 0.15) is 18.9 Å². The summed E-state index contributed by atoms with van der Waals surface area (Å²) in [7, 11) is 0. The maximum Gasteiger partial charge on any atom is 0.260 e. The minimum atomic E-state index is -0.149. The van der Waals surface area contributed by atoms with E-state index in [1.807, 2.05) is 18.3 Å². The van der Waals surface area contributed by atoms with E-state index in [9.17, 15) is 9.90 Å². The van der Waals surface area contributed by atoms with Crippen LogP contribution in [-0.2, 0) is 4.74 Å². The zero-order chi connectivity index (χ0) is 15.8. The van der Waals surface area contributed by atoms with Crippen LogP contribution in [0.5, 0.6) is 5.75 Å². The molecule has 0 aliphatic carbocycles. The number of nitrogens with zero attached hydrogens (tertiary/aromatic N) is 2. The van der Waals surface area contributed by atoms with Crippen molar-refractivity contribution in [2.24, 2.45) is 0 Å². The lowest BCUT2D eigenvalue weighted by Gasteiger charge is -2.23. The number of aromatic nitrogens is 3. The lowest BCUT2D eigenvalue weighted by atomic mass is 10.1. The van der Waals surface area contributed by atoms with Crippen LogP contribution in [-0.4, -0.2) is 32.9 Å². The first-order chi connectivity index (χ1) is 11.2. The molecule has 2 aromatic heterocycles. The van der Waals surface area contributed by atoms with Crippen molar-refractivity contribution in [3.63, 3.8) is 0 Å². The zero-order valence-electron chi connectivity index (χ0n) is 12.5. The maximum absolute atomic E-state index is 12.4. The molecule has 1 aliphatic rings. The fourth-order valence-electron chi connectivity index (χ4n) is 3.20. The predicted molar refractivity (Wildman–Crippen MR) is 86.5 cm³/mol. The Labute approximate surface area is 132 Å². The molecule has 1 fully saturated rings. The first-order valence-corrected chi connectivity index (χ1v) is 7.69.